The van der Waals surface area contributed by atoms with E-state index >= 15 is 0 Å². The van der Waals surface area contributed by atoms with E-state index in [0.717, 1.165) is 12.1 Å². The van der Waals surface area contributed by atoms with E-state index in [0.29, 0.717) is 28.0 Å². The van der Waals surface area contributed by atoms with Crippen molar-refractivity contribution in [2.75, 3.05) is 17.3 Å². The molecular formula is C23H16F2N2O3. The summed E-state index contributed by atoms with van der Waals surface area (Å²) in [6.07, 6.45) is 0. The van der Waals surface area contributed by atoms with E-state index in [1.165, 1.54) is 7.11 Å². The molecule has 0 bridgehead atoms. The number of halogens is 2. The smallest absolute Gasteiger partial charge is 0.282 e. The molecule has 0 radical (unpaired) electrons. The van der Waals surface area contributed by atoms with Crippen LogP contribution in [0.1, 0.15) is 5.56 Å². The third kappa shape index (κ3) is 3.41. The number of carbonyl (C=O) groups excluding carboxylic acids is 2. The molecule has 0 saturated carbocycles. The lowest BCUT2D eigenvalue weighted by Gasteiger charge is -2.16. The molecule has 3 aromatic carbocycles. The van der Waals surface area contributed by atoms with Crippen molar-refractivity contribution in [1.82, 2.24) is 0 Å². The maximum Gasteiger partial charge on any atom is 0.282 e. The molecule has 1 aliphatic rings. The lowest BCUT2D eigenvalue weighted by molar-refractivity contribution is -0.120. The van der Waals surface area contributed by atoms with Gasteiger partial charge in [0, 0.05) is 17.8 Å². The van der Waals surface area contributed by atoms with Crippen LogP contribution in [0.2, 0.25) is 0 Å². The van der Waals surface area contributed by atoms with E-state index in [-0.39, 0.29) is 17.0 Å². The summed E-state index contributed by atoms with van der Waals surface area (Å²) < 4.78 is 32.9. The Balaban J connectivity index is 1.82. The molecule has 0 atom stereocenters. The third-order valence-electron chi connectivity index (χ3n) is 4.64. The Morgan fingerprint density at radius 2 is 1.63 bits per heavy atom. The standard InChI is InChI=1S/C23H16F2N2O3/c1-30-17-9-5-8-16(13-17)26-21-20(14-6-3-2-4-7-14)22(28)27(23(21)29)19-11-10-15(24)12-18(19)25/h2-13,26H,1H3. The molecule has 1 N–H and O–H groups in total. The Kier molecular flexibility index (Phi) is 5.02. The summed E-state index contributed by atoms with van der Waals surface area (Å²) in [5, 5.41) is 2.97. The third-order valence-corrected chi connectivity index (χ3v) is 4.64. The van der Waals surface area contributed by atoms with Crippen LogP contribution in [0.5, 0.6) is 5.75 Å². The Bertz CT molecular complexity index is 1180. The number of imide groups is 1. The van der Waals surface area contributed by atoms with Gasteiger partial charge >= 0.3 is 0 Å². The molecule has 30 heavy (non-hydrogen) atoms. The second kappa shape index (κ2) is 7.79. The van der Waals surface area contributed by atoms with Crippen LogP contribution in [0.25, 0.3) is 5.57 Å². The second-order valence-electron chi connectivity index (χ2n) is 6.51. The van der Waals surface area contributed by atoms with E-state index in [9.17, 15) is 18.4 Å². The number of ether oxygens (including phenoxy) is 1. The summed E-state index contributed by atoms with van der Waals surface area (Å²) in [5.41, 5.74) is 0.768. The number of carbonyl (C=O) groups is 2. The maximum atomic E-state index is 14.4. The summed E-state index contributed by atoms with van der Waals surface area (Å²) in [6.45, 7) is 0. The van der Waals surface area contributed by atoms with Crippen LogP contribution in [0.15, 0.2) is 78.5 Å². The number of nitrogens with zero attached hydrogens (tertiary/aromatic N) is 1. The molecule has 0 aliphatic carbocycles. The molecule has 0 aromatic heterocycles. The van der Waals surface area contributed by atoms with Crippen molar-refractivity contribution < 1.29 is 23.1 Å². The number of methoxy groups -OCH3 is 1. The van der Waals surface area contributed by atoms with E-state index < -0.39 is 23.4 Å². The predicted molar refractivity (Wildman–Crippen MR) is 109 cm³/mol. The summed E-state index contributed by atoms with van der Waals surface area (Å²) >= 11 is 0. The first-order valence-electron chi connectivity index (χ1n) is 9.04. The van der Waals surface area contributed by atoms with Crippen molar-refractivity contribution in [1.29, 1.82) is 0 Å². The molecule has 3 aromatic rings. The molecule has 5 nitrogen and oxygen atoms in total. The number of anilines is 2. The number of benzene rings is 3. The van der Waals surface area contributed by atoms with Crippen molar-refractivity contribution >= 4 is 28.8 Å². The summed E-state index contributed by atoms with van der Waals surface area (Å²) in [4.78, 5) is 27.1. The van der Waals surface area contributed by atoms with Crippen LogP contribution >= 0.6 is 0 Å². The minimum atomic E-state index is -1.01. The first-order valence-corrected chi connectivity index (χ1v) is 9.04. The van der Waals surface area contributed by atoms with Gasteiger partial charge in [-0.25, -0.2) is 13.7 Å². The van der Waals surface area contributed by atoms with Gasteiger partial charge in [0.1, 0.15) is 23.1 Å². The van der Waals surface area contributed by atoms with Gasteiger partial charge in [-0.3, -0.25) is 9.59 Å². The van der Waals surface area contributed by atoms with Gasteiger partial charge in [0.15, 0.2) is 0 Å². The van der Waals surface area contributed by atoms with Crippen molar-refractivity contribution in [2.45, 2.75) is 0 Å². The van der Waals surface area contributed by atoms with E-state index in [1.54, 1.807) is 54.6 Å². The quantitative estimate of drug-likeness (QED) is 0.640. The Hall–Kier alpha value is -4.00. The maximum absolute atomic E-state index is 14.4. The monoisotopic (exact) mass is 406 g/mol. The molecule has 0 saturated heterocycles. The normalized spacial score (nSPS) is 13.8. The Morgan fingerprint density at radius 1 is 0.867 bits per heavy atom. The zero-order valence-electron chi connectivity index (χ0n) is 15.9. The van der Waals surface area contributed by atoms with Crippen LogP contribution in [0, 0.1) is 11.6 Å². The fourth-order valence-corrected chi connectivity index (χ4v) is 3.24. The van der Waals surface area contributed by atoms with Crippen molar-refractivity contribution in [2.24, 2.45) is 0 Å². The van der Waals surface area contributed by atoms with Crippen LogP contribution in [0.3, 0.4) is 0 Å². The molecule has 1 heterocycles. The Labute approximate surface area is 171 Å². The molecule has 7 heteroatoms. The van der Waals surface area contributed by atoms with Crippen molar-refractivity contribution in [3.05, 3.63) is 95.7 Å². The molecule has 2 amide bonds. The zero-order chi connectivity index (χ0) is 21.3. The molecule has 0 unspecified atom stereocenters. The van der Waals surface area contributed by atoms with E-state index in [1.807, 2.05) is 0 Å². The fraction of sp³-hybridized carbons (Fsp3) is 0.0435. The highest BCUT2D eigenvalue weighted by Crippen LogP contribution is 2.35. The number of hydrogen-bond acceptors (Lipinski definition) is 4. The van der Waals surface area contributed by atoms with Gasteiger partial charge in [-0.15, -0.1) is 0 Å². The SMILES string of the molecule is COc1cccc(NC2=C(c3ccccc3)C(=O)N(c3ccc(F)cc3F)C2=O)c1. The number of amides is 2. The van der Waals surface area contributed by atoms with Gasteiger partial charge in [-0.1, -0.05) is 36.4 Å². The lowest BCUT2D eigenvalue weighted by atomic mass is 10.0. The van der Waals surface area contributed by atoms with E-state index in [4.69, 9.17) is 4.74 Å². The van der Waals surface area contributed by atoms with Crippen LogP contribution in [-0.2, 0) is 9.59 Å². The van der Waals surface area contributed by atoms with Gasteiger partial charge in [-0.2, -0.15) is 0 Å². The summed E-state index contributed by atoms with van der Waals surface area (Å²) in [5.74, 6) is -2.71. The summed E-state index contributed by atoms with van der Waals surface area (Å²) in [6, 6.07) is 18.1. The van der Waals surface area contributed by atoms with Crippen LogP contribution in [0.4, 0.5) is 20.2 Å². The average Bonchev–Trinajstić information content (AvgIpc) is 2.99. The zero-order valence-corrected chi connectivity index (χ0v) is 15.9. The number of hydrogen-bond donors (Lipinski definition) is 1. The number of rotatable bonds is 5. The fourth-order valence-electron chi connectivity index (χ4n) is 3.24. The summed E-state index contributed by atoms with van der Waals surface area (Å²) in [7, 11) is 1.51. The highest BCUT2D eigenvalue weighted by molar-refractivity contribution is 6.46. The van der Waals surface area contributed by atoms with E-state index in [2.05, 4.69) is 5.32 Å². The first-order chi connectivity index (χ1) is 14.5. The van der Waals surface area contributed by atoms with Gasteiger partial charge in [-0.05, 0) is 29.8 Å². The number of nitrogens with one attached hydrogen (secondary N) is 1. The van der Waals surface area contributed by atoms with Crippen molar-refractivity contribution in [3.8, 4) is 5.75 Å². The van der Waals surface area contributed by atoms with Crippen LogP contribution < -0.4 is 15.0 Å². The molecule has 0 spiro atoms. The minimum Gasteiger partial charge on any atom is -0.497 e. The highest BCUT2D eigenvalue weighted by atomic mass is 19.1. The minimum absolute atomic E-state index is 0.0109. The second-order valence-corrected chi connectivity index (χ2v) is 6.51. The largest absolute Gasteiger partial charge is 0.497 e. The topological polar surface area (TPSA) is 58.6 Å². The van der Waals surface area contributed by atoms with Gasteiger partial charge in [0.25, 0.3) is 11.8 Å². The molecule has 4 rings (SSSR count). The molecular weight excluding hydrogens is 390 g/mol. The Morgan fingerprint density at radius 3 is 2.33 bits per heavy atom. The van der Waals surface area contributed by atoms with Gasteiger partial charge in [0.05, 0.1) is 18.4 Å². The average molecular weight is 406 g/mol. The van der Waals surface area contributed by atoms with Crippen LogP contribution in [-0.4, -0.2) is 18.9 Å². The lowest BCUT2D eigenvalue weighted by Crippen LogP contribution is -2.33. The first kappa shape index (κ1) is 19.3. The van der Waals surface area contributed by atoms with Gasteiger partial charge < -0.3 is 10.1 Å². The molecule has 0 fully saturated rings. The van der Waals surface area contributed by atoms with Gasteiger partial charge in [0.2, 0.25) is 0 Å². The molecule has 1 aliphatic heterocycles. The van der Waals surface area contributed by atoms with Crippen molar-refractivity contribution in [3.63, 3.8) is 0 Å². The molecule has 150 valence electrons. The highest BCUT2D eigenvalue weighted by Gasteiger charge is 2.41. The predicted octanol–water partition coefficient (Wildman–Crippen LogP) is 4.37.